The van der Waals surface area contributed by atoms with Crippen molar-refractivity contribution in [1.29, 1.82) is 5.26 Å². The number of carboxylic acids is 2. The van der Waals surface area contributed by atoms with Gasteiger partial charge in [-0.3, -0.25) is 43.2 Å². The minimum absolute atomic E-state index is 0. The van der Waals surface area contributed by atoms with E-state index in [1.54, 1.807) is 138 Å². The molecule has 0 bridgehead atoms. The fourth-order valence-electron chi connectivity index (χ4n) is 8.08. The first-order chi connectivity index (χ1) is 58.3. The number of carboxylic acid groups (broad SMARTS) is 2. The summed E-state index contributed by atoms with van der Waals surface area (Å²) in [5, 5.41) is 84.4. The van der Waals surface area contributed by atoms with Crippen LogP contribution >= 0.6 is 97.7 Å². The van der Waals surface area contributed by atoms with Crippen LogP contribution in [0, 0.1) is 64.3 Å². The van der Waals surface area contributed by atoms with Crippen molar-refractivity contribution < 1.29 is 150 Å². The van der Waals surface area contributed by atoms with E-state index in [1.165, 1.54) is 49.4 Å². The van der Waals surface area contributed by atoms with Crippen LogP contribution in [0.3, 0.4) is 0 Å². The number of esters is 4. The van der Waals surface area contributed by atoms with Crippen LogP contribution < -0.4 is 18.9 Å². The first kappa shape index (κ1) is 113. The van der Waals surface area contributed by atoms with Crippen molar-refractivity contribution in [2.24, 2.45) is 4.58 Å². The number of ketones is 1. The molecule has 9 rings (SSSR count). The summed E-state index contributed by atoms with van der Waals surface area (Å²) in [5.41, 5.74) is 4.16. The van der Waals surface area contributed by atoms with Crippen molar-refractivity contribution in [3.8, 4) is 61.4 Å². The van der Waals surface area contributed by atoms with Crippen molar-refractivity contribution in [1.82, 2.24) is 0 Å². The molecule has 2 aromatic heterocycles. The number of benzene rings is 7. The van der Waals surface area contributed by atoms with E-state index < -0.39 is 50.2 Å². The summed E-state index contributed by atoms with van der Waals surface area (Å²) in [6.07, 6.45) is 4.31. The summed E-state index contributed by atoms with van der Waals surface area (Å²) in [6, 6.07) is 52.1. The molecule has 0 atom stereocenters. The number of ether oxygens (including phenoxy) is 4. The molecule has 0 saturated carbocycles. The first-order valence-corrected chi connectivity index (χ1v) is 41.9. The topological polar surface area (TPSA) is 562 Å². The Labute approximate surface area is 762 Å². The van der Waals surface area contributed by atoms with Gasteiger partial charge < -0.3 is 71.9 Å². The fraction of sp³-hybridized carbons (Fsp3) is 0.224. The molecule has 0 fully saturated rings. The number of aromatic hydroxyl groups is 2. The molecule has 7 aromatic carbocycles. The van der Waals surface area contributed by atoms with Crippen LogP contribution in [0.15, 0.2) is 187 Å². The molecule has 661 valence electrons. The number of nitroso groups, excluding NO2 is 1. The van der Waals surface area contributed by atoms with Gasteiger partial charge in [-0.15, -0.1) is 40.5 Å². The van der Waals surface area contributed by atoms with Crippen LogP contribution in [0.1, 0.15) is 128 Å². The summed E-state index contributed by atoms with van der Waals surface area (Å²) >= 11 is 20.0. The van der Waals surface area contributed by atoms with E-state index in [2.05, 4.69) is 59.2 Å². The molecule has 0 spiro atoms. The van der Waals surface area contributed by atoms with Crippen molar-refractivity contribution >= 4 is 171 Å². The summed E-state index contributed by atoms with van der Waals surface area (Å²) in [5.74, 6) is -3.33. The molecule has 5 N–H and O–H groups in total. The van der Waals surface area contributed by atoms with Crippen molar-refractivity contribution in [2.45, 2.75) is 77.6 Å². The van der Waals surface area contributed by atoms with Gasteiger partial charge in [-0.1, -0.05) is 183 Å². The molecular formula is C76H73AgBr2N6O31S7-. The van der Waals surface area contributed by atoms with E-state index in [-0.39, 0.29) is 139 Å². The van der Waals surface area contributed by atoms with E-state index in [0.29, 0.717) is 53.5 Å². The number of alkyl halides is 2. The standard InChI is InChI=1S/C21H17NO6S3.C11H11BrO3.C11H11NO7.C11H11NO6.C9H6OS3.C7H6O2.C4H7BrO2.C2H3N.Ag.HNO3.HNOS/c23-17(12-14-7-9-15(10-8-14)19-13-21(29)31-30-19)16-4-1-2-5-18(16)28-20(24)6-3-11-27-22(25)26;12-7-3-6-11(14)15-10-5-2-1-4-9(10)8-13;13-10(6-3-7-18-12(16)17)19-9-5-2-1-4-8(9)11(14)15;13-8-9-4-1-2-5-10(9)18-11(14)6-3-7-17-12(15)16;10-7-3-1-6(2-4-7)8-5-9(11)13-12-8;8-5-6-3-1-2-4-7(6)9;5-3-1-2-4(6)7;1-2-3;;2-1(3)4;2-1-3/h1-2,4-5,7-10,13H,3,6,11-12H2;1-2,4-5,8H,3,6-7H2;1-2,4-5H,3,6-7H2,(H,14,15);1-2,4-5,8H,3,6-7H2;1-5,10H;1-5,9H;1-3H2,(H,6,7);1H3;;(H,2,3,4);(H,2,3)/p-1. The normalized spacial score (nSPS) is 9.28. The summed E-state index contributed by atoms with van der Waals surface area (Å²) in [7, 11) is 6.43. The number of Topliss-reactive ketones (excluding diaryl/α,β-unsaturated/α-hetero) is 1. The van der Waals surface area contributed by atoms with E-state index in [1.807, 2.05) is 53.1 Å². The minimum Gasteiger partial charge on any atom is -0.622 e. The third-order valence-electron chi connectivity index (χ3n) is 13.2. The number of hydrogen-bond donors (Lipinski definition) is 5. The summed E-state index contributed by atoms with van der Waals surface area (Å²) < 4.78 is 23.7. The number of aromatic carboxylic acids is 1. The van der Waals surface area contributed by atoms with Crippen molar-refractivity contribution in [2.75, 3.05) is 30.5 Å². The third-order valence-corrected chi connectivity index (χ3v) is 20.2. The number of carbonyl (C=O) groups excluding carboxylic acids is 8. The Balaban J connectivity index is 0. The molecule has 47 heteroatoms. The van der Waals surface area contributed by atoms with Crippen LogP contribution in [-0.4, -0.2) is 137 Å². The third kappa shape index (κ3) is 55.5. The number of phenols is 2. The molecule has 0 saturated heterocycles. The Morgan fingerprint density at radius 3 is 1.12 bits per heavy atom. The van der Waals surface area contributed by atoms with Crippen LogP contribution in [0.2, 0.25) is 0 Å². The molecular weight excluding hydrogens is 1980 g/mol. The second-order valence-corrected chi connectivity index (χ2v) is 29.6. The predicted octanol–water partition coefficient (Wildman–Crippen LogP) is 17.5. The summed E-state index contributed by atoms with van der Waals surface area (Å²) in [4.78, 5) is 172. The van der Waals surface area contributed by atoms with Crippen molar-refractivity contribution in [3.63, 3.8) is 0 Å². The van der Waals surface area contributed by atoms with Gasteiger partial charge in [0.1, 0.15) is 47.7 Å². The van der Waals surface area contributed by atoms with Gasteiger partial charge in [0.15, 0.2) is 24.6 Å². The number of nitriles is 1. The van der Waals surface area contributed by atoms with Gasteiger partial charge >= 0.3 is 35.8 Å². The zero-order chi connectivity index (χ0) is 91.6. The number of hydrogen-bond acceptors (Lipinski definition) is 37. The van der Waals surface area contributed by atoms with E-state index >= 15 is 0 Å². The van der Waals surface area contributed by atoms with Gasteiger partial charge in [0.25, 0.3) is 20.3 Å². The maximum absolute atomic E-state index is 12.8. The second kappa shape index (κ2) is 69.6. The molecule has 0 aliphatic heterocycles. The molecule has 9 aromatic rings. The monoisotopic (exact) mass is 2050 g/mol. The van der Waals surface area contributed by atoms with E-state index in [9.17, 15) is 78.3 Å². The number of carbonyl (C=O) groups is 10. The maximum Gasteiger partial charge on any atom is 0.339 e. The molecule has 2 heterocycles. The van der Waals surface area contributed by atoms with Crippen LogP contribution in [0.4, 0.5) is 0 Å². The predicted molar refractivity (Wildman–Crippen MR) is 460 cm³/mol. The molecule has 0 aliphatic carbocycles. The molecule has 123 heavy (non-hydrogen) atoms. The number of halogens is 2. The Bertz CT molecular complexity index is 4980. The average Bonchev–Trinajstić information content (AvgIpc) is 1.71. The number of para-hydroxylation sites is 5. The largest absolute Gasteiger partial charge is 0.622 e. The van der Waals surface area contributed by atoms with E-state index in [4.69, 9.17) is 89.3 Å². The minimum atomic E-state index is -1.50. The number of aliphatic carboxylic acids is 1. The van der Waals surface area contributed by atoms with Gasteiger partial charge in [-0.25, -0.2) is 9.38 Å². The second-order valence-electron chi connectivity index (χ2n) is 22.0. The number of rotatable bonds is 34. The quantitative estimate of drug-likeness (QED) is 0.00200. The summed E-state index contributed by atoms with van der Waals surface area (Å²) in [6.45, 7) is 0.846. The number of phenolic OH excluding ortho intramolecular Hbond substituents is 2. The zero-order valence-corrected chi connectivity index (χ0v) is 74.2. The Morgan fingerprint density at radius 1 is 0.496 bits per heavy atom. The smallest absolute Gasteiger partial charge is 0.339 e. The Kier molecular flexibility index (Phi) is 64.0. The molecule has 0 unspecified atom stereocenters. The molecule has 37 nitrogen and oxygen atoms in total. The number of aldehydes is 3. The SMILES string of the molecule is CC#N.O=C(CCCO[N+](=O)[O-])Oc1ccccc1C(=O)Cc1ccc(-c2cc(=S)ss2)cc1.O=C(CCCO[N+](=O)[O-])Oc1ccccc1C(=O)O.O=C(O)CCCBr.O=Cc1ccccc1O.O=Cc1ccccc1OC(=O)CCCBr.O=Cc1ccccc1OC(=O)CCCO[N+](=O)[O-].O=N[S-].O=[N+]([O-])O.Oc1ccc(-c2cc(=S)ss2)cc1.[Ag]. The molecule has 1 radical (unpaired) electrons. The maximum atomic E-state index is 12.8. The van der Waals surface area contributed by atoms with Gasteiger partial charge in [0.2, 0.25) is 0 Å². The first-order valence-electron chi connectivity index (χ1n) is 34.2. The fourth-order valence-corrected chi connectivity index (χ4v) is 13.4. The van der Waals surface area contributed by atoms with Gasteiger partial charge in [-0.2, -0.15) is 10.2 Å². The van der Waals surface area contributed by atoms with Gasteiger partial charge in [-0.05, 0) is 146 Å². The zero-order valence-electron chi connectivity index (χ0n) is 63.8. The van der Waals surface area contributed by atoms with Crippen LogP contribution in [-0.2, 0) is 80.1 Å². The van der Waals surface area contributed by atoms with E-state index in [0.717, 1.165) is 57.6 Å². The molecule has 0 amide bonds. The molecule has 0 aliphatic rings. The Hall–Kier alpha value is -12.0. The number of nitrogens with zero attached hydrogens (tertiary/aromatic N) is 6. The van der Waals surface area contributed by atoms with Crippen LogP contribution in [0.25, 0.3) is 20.9 Å². The average molecular weight is 2060 g/mol. The van der Waals surface area contributed by atoms with Gasteiger partial charge in [0.05, 0.1) is 48.1 Å². The van der Waals surface area contributed by atoms with Crippen LogP contribution in [0.5, 0.6) is 34.5 Å². The Morgan fingerprint density at radius 2 is 0.805 bits per heavy atom. The van der Waals surface area contributed by atoms with Crippen molar-refractivity contribution in [3.05, 3.63) is 268 Å². The van der Waals surface area contributed by atoms with Gasteiger partial charge in [0, 0.05) is 88.2 Å².